The number of guanidine groups is 1. The molecule has 30 heavy (non-hydrogen) atoms. The lowest BCUT2D eigenvalue weighted by Crippen LogP contribution is -2.38. The monoisotopic (exact) mass is 523 g/mol. The lowest BCUT2D eigenvalue weighted by Gasteiger charge is -2.12. The van der Waals surface area contributed by atoms with Gasteiger partial charge in [0.25, 0.3) is 0 Å². The van der Waals surface area contributed by atoms with Gasteiger partial charge in [0.2, 0.25) is 0 Å². The van der Waals surface area contributed by atoms with E-state index in [2.05, 4.69) is 46.1 Å². The molecular formula is C22H30IN5O2. The number of imidazole rings is 1. The topological polar surface area (TPSA) is 72.2 Å². The third kappa shape index (κ3) is 6.01. The second-order valence-corrected chi connectivity index (χ2v) is 6.72. The van der Waals surface area contributed by atoms with Crippen molar-refractivity contribution in [1.29, 1.82) is 0 Å². The number of methoxy groups -OCH3 is 2. The Kier molecular flexibility index (Phi) is 9.22. The summed E-state index contributed by atoms with van der Waals surface area (Å²) in [5, 5.41) is 6.67. The number of halogens is 1. The molecule has 2 aromatic heterocycles. The first kappa shape index (κ1) is 23.8. The summed E-state index contributed by atoms with van der Waals surface area (Å²) in [7, 11) is 3.27. The van der Waals surface area contributed by atoms with Crippen molar-refractivity contribution < 1.29 is 9.47 Å². The lowest BCUT2D eigenvalue weighted by molar-refractivity contribution is 0.354. The molecule has 2 heterocycles. The molecule has 0 atom stereocenters. The number of benzene rings is 1. The number of aromatic nitrogens is 2. The van der Waals surface area contributed by atoms with Gasteiger partial charge in [0.05, 0.1) is 26.5 Å². The lowest BCUT2D eigenvalue weighted by atomic mass is 10.2. The summed E-state index contributed by atoms with van der Waals surface area (Å²) in [4.78, 5) is 9.40. The molecule has 0 saturated carbocycles. The number of aryl methyl sites for hydroxylation is 1. The molecule has 0 unspecified atom stereocenters. The minimum absolute atomic E-state index is 0. The van der Waals surface area contributed by atoms with Crippen LogP contribution in [0.25, 0.3) is 5.65 Å². The molecule has 3 rings (SSSR count). The number of aliphatic imine (C=N–C) groups is 1. The summed E-state index contributed by atoms with van der Waals surface area (Å²) < 4.78 is 12.7. The molecule has 0 aliphatic rings. The smallest absolute Gasteiger partial charge is 0.191 e. The molecule has 2 N–H and O–H groups in total. The summed E-state index contributed by atoms with van der Waals surface area (Å²) in [6.07, 6.45) is 4.93. The molecule has 0 aliphatic heterocycles. The molecule has 8 heteroatoms. The summed E-state index contributed by atoms with van der Waals surface area (Å²) in [5.74, 6) is 2.20. The highest BCUT2D eigenvalue weighted by Gasteiger charge is 2.06. The Labute approximate surface area is 194 Å². The number of pyridine rings is 1. The third-order valence-electron chi connectivity index (χ3n) is 4.61. The van der Waals surface area contributed by atoms with Crippen LogP contribution in [0.2, 0.25) is 0 Å². The summed E-state index contributed by atoms with van der Waals surface area (Å²) in [5.41, 5.74) is 4.30. The molecule has 7 nitrogen and oxygen atoms in total. The zero-order valence-electron chi connectivity index (χ0n) is 17.9. The highest BCUT2D eigenvalue weighted by atomic mass is 127. The Morgan fingerprint density at radius 3 is 2.63 bits per heavy atom. The van der Waals surface area contributed by atoms with Crippen LogP contribution in [-0.2, 0) is 13.0 Å². The van der Waals surface area contributed by atoms with Crippen LogP contribution in [-0.4, -0.2) is 42.7 Å². The van der Waals surface area contributed by atoms with Crippen LogP contribution in [0.1, 0.15) is 23.7 Å². The number of ether oxygens (including phenoxy) is 2. The van der Waals surface area contributed by atoms with Crippen LogP contribution in [0.5, 0.6) is 11.5 Å². The fraction of sp³-hybridized carbons (Fsp3) is 0.364. The standard InChI is InChI=1S/C22H29N5O2.HI/c1-5-23-22(25-14-17-8-9-19(28-3)20(13-17)29-4)24-11-10-18-15-27-12-6-7-16(2)21(27)26-18;/h6-9,12-13,15H,5,10-11,14H2,1-4H3,(H2,23,24,25);1H. The predicted octanol–water partition coefficient (Wildman–Crippen LogP) is 3.58. The Balaban J connectivity index is 0.00000320. The highest BCUT2D eigenvalue weighted by Crippen LogP contribution is 2.27. The van der Waals surface area contributed by atoms with Crippen LogP contribution in [0, 0.1) is 6.92 Å². The van der Waals surface area contributed by atoms with E-state index >= 15 is 0 Å². The van der Waals surface area contributed by atoms with E-state index in [1.807, 2.05) is 30.5 Å². The number of fused-ring (bicyclic) bond motifs is 1. The summed E-state index contributed by atoms with van der Waals surface area (Å²) in [6.45, 7) is 6.22. The van der Waals surface area contributed by atoms with Crippen LogP contribution in [0.3, 0.4) is 0 Å². The van der Waals surface area contributed by atoms with Gasteiger partial charge in [-0.25, -0.2) is 9.98 Å². The fourth-order valence-electron chi connectivity index (χ4n) is 3.12. The predicted molar refractivity (Wildman–Crippen MR) is 131 cm³/mol. The van der Waals surface area contributed by atoms with Crippen molar-refractivity contribution in [3.05, 3.63) is 59.5 Å². The number of rotatable bonds is 8. The largest absolute Gasteiger partial charge is 0.493 e. The van der Waals surface area contributed by atoms with Crippen molar-refractivity contribution in [3.63, 3.8) is 0 Å². The maximum atomic E-state index is 5.36. The quantitative estimate of drug-likeness (QED) is 0.269. The first-order chi connectivity index (χ1) is 14.1. The third-order valence-corrected chi connectivity index (χ3v) is 4.61. The van der Waals surface area contributed by atoms with Gasteiger partial charge in [0, 0.05) is 31.9 Å². The van der Waals surface area contributed by atoms with Crippen molar-refractivity contribution in [3.8, 4) is 11.5 Å². The average molecular weight is 523 g/mol. The second-order valence-electron chi connectivity index (χ2n) is 6.72. The van der Waals surface area contributed by atoms with Gasteiger partial charge in [-0.2, -0.15) is 0 Å². The van der Waals surface area contributed by atoms with Gasteiger partial charge in [-0.3, -0.25) is 0 Å². The Morgan fingerprint density at radius 2 is 1.93 bits per heavy atom. The van der Waals surface area contributed by atoms with E-state index in [4.69, 9.17) is 14.5 Å². The maximum absolute atomic E-state index is 5.36. The molecule has 0 radical (unpaired) electrons. The number of hydrogen-bond donors (Lipinski definition) is 2. The SMILES string of the molecule is CCNC(=NCc1ccc(OC)c(OC)c1)NCCc1cn2cccc(C)c2n1.I. The molecule has 0 fully saturated rings. The fourth-order valence-corrected chi connectivity index (χ4v) is 3.12. The Morgan fingerprint density at radius 1 is 1.13 bits per heavy atom. The molecule has 0 bridgehead atoms. The first-order valence-corrected chi connectivity index (χ1v) is 9.81. The van der Waals surface area contributed by atoms with Gasteiger partial charge >= 0.3 is 0 Å². The zero-order chi connectivity index (χ0) is 20.6. The van der Waals surface area contributed by atoms with Crippen molar-refractivity contribution in [2.24, 2.45) is 4.99 Å². The van der Waals surface area contributed by atoms with E-state index in [-0.39, 0.29) is 24.0 Å². The molecule has 3 aromatic rings. The van der Waals surface area contributed by atoms with Crippen molar-refractivity contribution in [2.75, 3.05) is 27.3 Å². The van der Waals surface area contributed by atoms with Crippen LogP contribution in [0.4, 0.5) is 0 Å². The van der Waals surface area contributed by atoms with E-state index in [1.165, 1.54) is 5.56 Å². The highest BCUT2D eigenvalue weighted by molar-refractivity contribution is 14.0. The Hall–Kier alpha value is -2.49. The number of hydrogen-bond acceptors (Lipinski definition) is 4. The summed E-state index contributed by atoms with van der Waals surface area (Å²) in [6, 6.07) is 9.96. The average Bonchev–Trinajstić information content (AvgIpc) is 3.16. The van der Waals surface area contributed by atoms with E-state index in [1.54, 1.807) is 14.2 Å². The Bertz CT molecular complexity index is 987. The normalized spacial score (nSPS) is 11.1. The zero-order valence-corrected chi connectivity index (χ0v) is 20.3. The van der Waals surface area contributed by atoms with Crippen LogP contribution in [0.15, 0.2) is 47.7 Å². The van der Waals surface area contributed by atoms with E-state index in [9.17, 15) is 0 Å². The van der Waals surface area contributed by atoms with E-state index in [0.717, 1.165) is 42.4 Å². The van der Waals surface area contributed by atoms with Crippen LogP contribution < -0.4 is 20.1 Å². The van der Waals surface area contributed by atoms with Gasteiger partial charge in [-0.05, 0) is 43.2 Å². The van der Waals surface area contributed by atoms with Gasteiger partial charge in [-0.15, -0.1) is 24.0 Å². The molecule has 0 aliphatic carbocycles. The van der Waals surface area contributed by atoms with Gasteiger partial charge < -0.3 is 24.5 Å². The van der Waals surface area contributed by atoms with Crippen molar-refractivity contribution in [1.82, 2.24) is 20.0 Å². The molecule has 1 aromatic carbocycles. The molecular weight excluding hydrogens is 493 g/mol. The van der Waals surface area contributed by atoms with E-state index in [0.29, 0.717) is 18.0 Å². The minimum Gasteiger partial charge on any atom is -0.493 e. The second kappa shape index (κ2) is 11.6. The first-order valence-electron chi connectivity index (χ1n) is 9.81. The van der Waals surface area contributed by atoms with Gasteiger partial charge in [0.1, 0.15) is 5.65 Å². The minimum atomic E-state index is 0. The molecule has 0 saturated heterocycles. The maximum Gasteiger partial charge on any atom is 0.191 e. The van der Waals surface area contributed by atoms with Crippen molar-refractivity contribution >= 4 is 35.6 Å². The number of nitrogens with one attached hydrogen (secondary N) is 2. The van der Waals surface area contributed by atoms with Crippen LogP contribution >= 0.6 is 24.0 Å². The summed E-state index contributed by atoms with van der Waals surface area (Å²) >= 11 is 0. The number of nitrogens with zero attached hydrogens (tertiary/aromatic N) is 3. The molecule has 0 amide bonds. The van der Waals surface area contributed by atoms with Gasteiger partial charge in [-0.1, -0.05) is 12.1 Å². The molecule has 162 valence electrons. The molecule has 0 spiro atoms. The van der Waals surface area contributed by atoms with Gasteiger partial charge in [0.15, 0.2) is 17.5 Å². The van der Waals surface area contributed by atoms with E-state index < -0.39 is 0 Å². The van der Waals surface area contributed by atoms with Crippen molar-refractivity contribution in [2.45, 2.75) is 26.8 Å².